The van der Waals surface area contributed by atoms with Gasteiger partial charge in [-0.2, -0.15) is 0 Å². The van der Waals surface area contributed by atoms with Crippen LogP contribution in [-0.2, 0) is 33.8 Å². The maximum Gasteiger partial charge on any atom is 0.217 e. The summed E-state index contributed by atoms with van der Waals surface area (Å²) in [6.45, 7) is 6.31. The molecule has 1 N–H and O–H groups in total. The van der Waals surface area contributed by atoms with Gasteiger partial charge in [-0.1, -0.05) is 12.1 Å². The maximum absolute atomic E-state index is 14.0. The van der Waals surface area contributed by atoms with E-state index in [0.717, 1.165) is 50.2 Å². The second kappa shape index (κ2) is 9.09. The topological polar surface area (TPSA) is 67.4 Å². The number of amides is 1. The highest BCUT2D eigenvalue weighted by molar-refractivity contribution is 5.74. The summed E-state index contributed by atoms with van der Waals surface area (Å²) >= 11 is 0. The number of carbonyl (C=O) groups excluding carboxylic acids is 1. The van der Waals surface area contributed by atoms with Crippen LogP contribution in [0.3, 0.4) is 0 Å². The van der Waals surface area contributed by atoms with Crippen LogP contribution in [0.5, 0.6) is 0 Å². The minimum Gasteiger partial charge on any atom is -0.365 e. The van der Waals surface area contributed by atoms with Crippen molar-refractivity contribution >= 4 is 5.91 Å². The minimum absolute atomic E-state index is 0.229. The summed E-state index contributed by atoms with van der Waals surface area (Å²) in [6.07, 6.45) is 7.36. The van der Waals surface area contributed by atoms with Gasteiger partial charge in [-0.05, 0) is 60.7 Å². The first-order valence-corrected chi connectivity index (χ1v) is 11.8. The van der Waals surface area contributed by atoms with Crippen molar-refractivity contribution in [3.63, 3.8) is 0 Å². The number of hydrogen-bond donors (Lipinski definition) is 1. The van der Waals surface area contributed by atoms with Crippen molar-refractivity contribution in [1.82, 2.24) is 20.2 Å². The van der Waals surface area contributed by atoms with Gasteiger partial charge in [0.25, 0.3) is 0 Å². The number of benzene rings is 1. The number of nitrogens with one attached hydrogen (secondary N) is 1. The summed E-state index contributed by atoms with van der Waals surface area (Å²) in [5, 5.41) is 2.85. The molecule has 0 saturated carbocycles. The summed E-state index contributed by atoms with van der Waals surface area (Å²) < 4.78 is 33.7. The number of halogens is 2. The third-order valence-corrected chi connectivity index (χ3v) is 7.24. The molecular weight excluding hydrogens is 450 g/mol. The Labute approximate surface area is 203 Å². The Kier molecular flexibility index (Phi) is 6.11. The van der Waals surface area contributed by atoms with Gasteiger partial charge in [0.15, 0.2) is 11.6 Å². The molecule has 0 radical (unpaired) electrons. The molecule has 1 saturated heterocycles. The number of likely N-dealkylation sites (tertiary alicyclic amines) is 1. The van der Waals surface area contributed by atoms with Gasteiger partial charge in [-0.25, -0.2) is 8.78 Å². The number of pyridine rings is 2. The molecule has 8 heteroatoms. The summed E-state index contributed by atoms with van der Waals surface area (Å²) in [6, 6.07) is 9.47. The monoisotopic (exact) mass is 478 g/mol. The molecule has 182 valence electrons. The van der Waals surface area contributed by atoms with E-state index in [-0.39, 0.29) is 11.5 Å². The van der Waals surface area contributed by atoms with Gasteiger partial charge in [0.1, 0.15) is 5.54 Å². The summed E-state index contributed by atoms with van der Waals surface area (Å²) in [7, 11) is 0. The molecule has 2 aliphatic rings. The Morgan fingerprint density at radius 3 is 2.63 bits per heavy atom. The SMILES string of the molecule is CC(=O)NC(C)(c1ccc(F)c(F)c1)c1ccc(CN2CCC3(CC2)OCc2ccncc23)cn1. The molecule has 6 nitrogen and oxygen atoms in total. The Hall–Kier alpha value is -3.23. The van der Waals surface area contributed by atoms with Gasteiger partial charge < -0.3 is 10.1 Å². The van der Waals surface area contributed by atoms with Gasteiger partial charge in [0.05, 0.1) is 17.9 Å². The molecular formula is C27H28F2N4O2. The number of rotatable bonds is 5. The van der Waals surface area contributed by atoms with E-state index >= 15 is 0 Å². The van der Waals surface area contributed by atoms with E-state index in [9.17, 15) is 13.6 Å². The highest BCUT2D eigenvalue weighted by atomic mass is 19.2. The summed E-state index contributed by atoms with van der Waals surface area (Å²) in [5.41, 5.74) is 3.12. The molecule has 1 unspecified atom stereocenters. The molecule has 1 spiro atoms. The zero-order chi connectivity index (χ0) is 24.6. The van der Waals surface area contributed by atoms with Crippen LogP contribution in [0.15, 0.2) is 55.0 Å². The largest absolute Gasteiger partial charge is 0.365 e. The Morgan fingerprint density at radius 1 is 1.14 bits per heavy atom. The third kappa shape index (κ3) is 4.44. The molecule has 2 aliphatic heterocycles. The number of hydrogen-bond acceptors (Lipinski definition) is 5. The Morgan fingerprint density at radius 2 is 1.94 bits per heavy atom. The predicted molar refractivity (Wildman–Crippen MR) is 126 cm³/mol. The number of carbonyl (C=O) groups is 1. The molecule has 1 fully saturated rings. The number of fused-ring (bicyclic) bond motifs is 2. The molecule has 1 aromatic carbocycles. The van der Waals surface area contributed by atoms with Crippen LogP contribution in [0.4, 0.5) is 8.78 Å². The zero-order valence-electron chi connectivity index (χ0n) is 19.9. The van der Waals surface area contributed by atoms with Gasteiger partial charge >= 0.3 is 0 Å². The number of ether oxygens (including phenoxy) is 1. The molecule has 3 aromatic rings. The standard InChI is InChI=1S/C27H28F2N4O2/c1-18(34)32-26(2,21-4-5-23(28)24(29)13-21)25-6-3-19(14-31-25)16-33-11-8-27(9-12-33)22-15-30-10-7-20(22)17-35-27/h3-7,10,13-15H,8-9,11-12,16-17H2,1-2H3,(H,32,34). The lowest BCUT2D eigenvalue weighted by Gasteiger charge is -2.39. The quantitative estimate of drug-likeness (QED) is 0.596. The van der Waals surface area contributed by atoms with Crippen molar-refractivity contribution in [2.75, 3.05) is 13.1 Å². The number of aromatic nitrogens is 2. The zero-order valence-corrected chi connectivity index (χ0v) is 19.9. The lowest BCUT2D eigenvalue weighted by molar-refractivity contribution is -0.120. The van der Waals surface area contributed by atoms with Crippen molar-refractivity contribution in [3.8, 4) is 0 Å². The van der Waals surface area contributed by atoms with Crippen molar-refractivity contribution in [3.05, 3.63) is 94.6 Å². The molecule has 0 aliphatic carbocycles. The minimum atomic E-state index is -1.10. The first kappa shape index (κ1) is 23.5. The van der Waals surface area contributed by atoms with E-state index in [1.54, 1.807) is 13.1 Å². The van der Waals surface area contributed by atoms with E-state index in [0.29, 0.717) is 17.9 Å². The maximum atomic E-state index is 14.0. The van der Waals surface area contributed by atoms with Crippen LogP contribution < -0.4 is 5.32 Å². The summed E-state index contributed by atoms with van der Waals surface area (Å²) in [4.78, 5) is 23.2. The van der Waals surface area contributed by atoms with E-state index in [2.05, 4.69) is 20.2 Å². The second-order valence-electron chi connectivity index (χ2n) is 9.58. The van der Waals surface area contributed by atoms with Crippen LogP contribution in [0.25, 0.3) is 0 Å². The first-order chi connectivity index (χ1) is 16.8. The van der Waals surface area contributed by atoms with Crippen molar-refractivity contribution in [2.24, 2.45) is 0 Å². The molecule has 4 heterocycles. The van der Waals surface area contributed by atoms with Crippen LogP contribution in [-0.4, -0.2) is 33.9 Å². The molecule has 1 amide bonds. The lowest BCUT2D eigenvalue weighted by atomic mass is 9.84. The van der Waals surface area contributed by atoms with Gasteiger partial charge in [-0.15, -0.1) is 0 Å². The van der Waals surface area contributed by atoms with E-state index in [1.165, 1.54) is 24.1 Å². The van der Waals surface area contributed by atoms with Crippen molar-refractivity contribution in [1.29, 1.82) is 0 Å². The van der Waals surface area contributed by atoms with Crippen LogP contribution in [0.2, 0.25) is 0 Å². The highest BCUT2D eigenvalue weighted by Crippen LogP contribution is 2.43. The molecule has 1 atom stereocenters. The molecule has 35 heavy (non-hydrogen) atoms. The fourth-order valence-electron chi connectivity index (χ4n) is 5.25. The van der Waals surface area contributed by atoms with Gasteiger partial charge in [-0.3, -0.25) is 19.7 Å². The van der Waals surface area contributed by atoms with Crippen molar-refractivity contribution in [2.45, 2.75) is 51.0 Å². The summed E-state index contributed by atoms with van der Waals surface area (Å²) in [5.74, 6) is -2.20. The van der Waals surface area contributed by atoms with E-state index in [1.807, 2.05) is 30.6 Å². The van der Waals surface area contributed by atoms with Crippen molar-refractivity contribution < 1.29 is 18.3 Å². The predicted octanol–water partition coefficient (Wildman–Crippen LogP) is 4.18. The average Bonchev–Trinajstić information content (AvgIpc) is 3.20. The first-order valence-electron chi connectivity index (χ1n) is 11.8. The highest BCUT2D eigenvalue weighted by Gasteiger charge is 2.42. The Balaban J connectivity index is 1.29. The third-order valence-electron chi connectivity index (χ3n) is 7.24. The normalized spacial score (nSPS) is 18.7. The number of nitrogens with zero attached hydrogens (tertiary/aromatic N) is 3. The van der Waals surface area contributed by atoms with Gasteiger partial charge in [0, 0.05) is 50.7 Å². The molecule has 0 bridgehead atoms. The second-order valence-corrected chi connectivity index (χ2v) is 9.58. The van der Waals surface area contributed by atoms with E-state index < -0.39 is 17.2 Å². The fourth-order valence-corrected chi connectivity index (χ4v) is 5.25. The number of piperidine rings is 1. The average molecular weight is 479 g/mol. The molecule has 5 rings (SSSR count). The Bertz CT molecular complexity index is 1240. The van der Waals surface area contributed by atoms with Crippen LogP contribution >= 0.6 is 0 Å². The smallest absolute Gasteiger partial charge is 0.217 e. The van der Waals surface area contributed by atoms with Gasteiger partial charge in [0.2, 0.25) is 5.91 Å². The lowest BCUT2D eigenvalue weighted by Crippen LogP contribution is -2.44. The fraction of sp³-hybridized carbons (Fsp3) is 0.370. The molecule has 2 aromatic heterocycles. The van der Waals surface area contributed by atoms with E-state index in [4.69, 9.17) is 4.74 Å². The van der Waals surface area contributed by atoms with Crippen LogP contribution in [0.1, 0.15) is 54.6 Å². The van der Waals surface area contributed by atoms with Crippen LogP contribution in [0, 0.1) is 11.6 Å².